The molecule has 0 bridgehead atoms. The standard InChI is InChI=1S/C9H10BrFN2O2/c10-5-1-2-6(11)7(3-5)13-8(4-12)9(14)15/h1-3,8,13H,4,12H2,(H,14,15). The zero-order chi connectivity index (χ0) is 11.4. The van der Waals surface area contributed by atoms with E-state index in [9.17, 15) is 9.18 Å². The molecule has 4 nitrogen and oxygen atoms in total. The second-order valence-corrected chi connectivity index (χ2v) is 3.81. The fraction of sp³-hybridized carbons (Fsp3) is 0.222. The molecule has 0 amide bonds. The molecule has 6 heteroatoms. The second-order valence-electron chi connectivity index (χ2n) is 2.90. The lowest BCUT2D eigenvalue weighted by molar-refractivity contribution is -0.137. The van der Waals surface area contributed by atoms with Gasteiger partial charge in [-0.1, -0.05) is 15.9 Å². The van der Waals surface area contributed by atoms with Crippen molar-refractivity contribution in [3.05, 3.63) is 28.5 Å². The lowest BCUT2D eigenvalue weighted by Gasteiger charge is -2.14. The number of anilines is 1. The summed E-state index contributed by atoms with van der Waals surface area (Å²) in [6, 6.07) is 3.23. The number of aliphatic carboxylic acids is 1. The summed E-state index contributed by atoms with van der Waals surface area (Å²) < 4.78 is 13.9. The van der Waals surface area contributed by atoms with Crippen LogP contribution in [-0.2, 0) is 4.79 Å². The van der Waals surface area contributed by atoms with Crippen molar-refractivity contribution in [1.29, 1.82) is 0 Å². The molecule has 82 valence electrons. The Morgan fingerprint density at radius 1 is 1.67 bits per heavy atom. The van der Waals surface area contributed by atoms with E-state index in [0.29, 0.717) is 4.47 Å². The van der Waals surface area contributed by atoms with Crippen LogP contribution in [0.2, 0.25) is 0 Å². The Bertz CT molecular complexity index is 373. The van der Waals surface area contributed by atoms with Gasteiger partial charge in [0.1, 0.15) is 11.9 Å². The van der Waals surface area contributed by atoms with Crippen molar-refractivity contribution in [3.63, 3.8) is 0 Å². The van der Waals surface area contributed by atoms with E-state index < -0.39 is 17.8 Å². The Labute approximate surface area is 94.4 Å². The van der Waals surface area contributed by atoms with Gasteiger partial charge in [-0.05, 0) is 18.2 Å². The fourth-order valence-corrected chi connectivity index (χ4v) is 1.38. The molecule has 15 heavy (non-hydrogen) atoms. The summed E-state index contributed by atoms with van der Waals surface area (Å²) in [7, 11) is 0. The molecule has 0 saturated heterocycles. The van der Waals surface area contributed by atoms with Gasteiger partial charge in [-0.15, -0.1) is 0 Å². The molecule has 0 aliphatic carbocycles. The van der Waals surface area contributed by atoms with Crippen molar-refractivity contribution >= 4 is 27.6 Å². The normalized spacial score (nSPS) is 12.2. The van der Waals surface area contributed by atoms with Gasteiger partial charge >= 0.3 is 5.97 Å². The lowest BCUT2D eigenvalue weighted by Crippen LogP contribution is -2.36. The van der Waals surface area contributed by atoms with Gasteiger partial charge in [0, 0.05) is 11.0 Å². The Morgan fingerprint density at radius 3 is 2.87 bits per heavy atom. The quantitative estimate of drug-likeness (QED) is 0.777. The van der Waals surface area contributed by atoms with Crippen molar-refractivity contribution in [2.45, 2.75) is 6.04 Å². The molecule has 1 atom stereocenters. The third-order valence-electron chi connectivity index (χ3n) is 1.79. The third kappa shape index (κ3) is 3.17. The SMILES string of the molecule is NCC(Nc1cc(Br)ccc1F)C(=O)O. The Morgan fingerprint density at radius 2 is 2.33 bits per heavy atom. The molecule has 1 unspecified atom stereocenters. The first kappa shape index (κ1) is 11.9. The van der Waals surface area contributed by atoms with Gasteiger partial charge in [-0.25, -0.2) is 9.18 Å². The highest BCUT2D eigenvalue weighted by atomic mass is 79.9. The minimum Gasteiger partial charge on any atom is -0.480 e. The van der Waals surface area contributed by atoms with Crippen molar-refractivity contribution in [3.8, 4) is 0 Å². The highest BCUT2D eigenvalue weighted by molar-refractivity contribution is 9.10. The molecule has 0 fully saturated rings. The molecule has 0 radical (unpaired) electrons. The summed E-state index contributed by atoms with van der Waals surface area (Å²) in [6.45, 7) is -0.110. The third-order valence-corrected chi connectivity index (χ3v) is 2.29. The number of hydrogen-bond donors (Lipinski definition) is 3. The summed E-state index contributed by atoms with van der Waals surface area (Å²) in [5.74, 6) is -1.63. The summed E-state index contributed by atoms with van der Waals surface area (Å²) in [5, 5.41) is 11.2. The van der Waals surface area contributed by atoms with Crippen LogP contribution in [0.1, 0.15) is 0 Å². The molecule has 4 N–H and O–H groups in total. The van der Waals surface area contributed by atoms with E-state index in [1.165, 1.54) is 18.2 Å². The topological polar surface area (TPSA) is 75.3 Å². The number of nitrogens with two attached hydrogens (primary N) is 1. The van der Waals surface area contributed by atoms with Crippen LogP contribution in [0, 0.1) is 5.82 Å². The number of rotatable bonds is 4. The molecule has 1 aromatic rings. The molecule has 0 heterocycles. The first-order chi connectivity index (χ1) is 7.04. The summed E-state index contributed by atoms with van der Waals surface area (Å²) in [4.78, 5) is 10.7. The predicted molar refractivity (Wildman–Crippen MR) is 58.2 cm³/mol. The van der Waals surface area contributed by atoms with E-state index >= 15 is 0 Å². The Balaban J connectivity index is 2.87. The van der Waals surface area contributed by atoms with Crippen molar-refractivity contribution in [1.82, 2.24) is 0 Å². The number of benzene rings is 1. The minimum atomic E-state index is -1.11. The monoisotopic (exact) mass is 276 g/mol. The Kier molecular flexibility index (Phi) is 4.05. The maximum Gasteiger partial charge on any atom is 0.327 e. The predicted octanol–water partition coefficient (Wildman–Crippen LogP) is 1.41. The second kappa shape index (κ2) is 5.09. The molecule has 0 saturated carbocycles. The van der Waals surface area contributed by atoms with E-state index in [2.05, 4.69) is 21.2 Å². The highest BCUT2D eigenvalue weighted by Gasteiger charge is 2.16. The zero-order valence-electron chi connectivity index (χ0n) is 7.71. The van der Waals surface area contributed by atoms with Gasteiger partial charge in [0.05, 0.1) is 5.69 Å². The van der Waals surface area contributed by atoms with Crippen LogP contribution in [0.3, 0.4) is 0 Å². The van der Waals surface area contributed by atoms with Gasteiger partial charge in [-0.3, -0.25) is 0 Å². The van der Waals surface area contributed by atoms with Crippen LogP contribution in [0.5, 0.6) is 0 Å². The van der Waals surface area contributed by atoms with Crippen molar-refractivity contribution in [2.24, 2.45) is 5.73 Å². The maximum absolute atomic E-state index is 13.2. The van der Waals surface area contributed by atoms with E-state index in [1.54, 1.807) is 0 Å². The smallest absolute Gasteiger partial charge is 0.327 e. The van der Waals surface area contributed by atoms with Crippen LogP contribution in [0.15, 0.2) is 22.7 Å². The number of carboxylic acid groups (broad SMARTS) is 1. The van der Waals surface area contributed by atoms with Crippen molar-refractivity contribution < 1.29 is 14.3 Å². The Hall–Kier alpha value is -1.14. The van der Waals surface area contributed by atoms with E-state index in [-0.39, 0.29) is 12.2 Å². The average molecular weight is 277 g/mol. The van der Waals surface area contributed by atoms with Crippen molar-refractivity contribution in [2.75, 3.05) is 11.9 Å². The van der Waals surface area contributed by atoms with Gasteiger partial charge < -0.3 is 16.2 Å². The summed E-state index contributed by atoms with van der Waals surface area (Å²) in [6.07, 6.45) is 0. The van der Waals surface area contributed by atoms with Gasteiger partial charge in [-0.2, -0.15) is 0 Å². The zero-order valence-corrected chi connectivity index (χ0v) is 9.29. The van der Waals surface area contributed by atoms with Gasteiger partial charge in [0.25, 0.3) is 0 Å². The molecule has 1 aromatic carbocycles. The van der Waals surface area contributed by atoms with E-state index in [4.69, 9.17) is 10.8 Å². The number of nitrogens with one attached hydrogen (secondary N) is 1. The largest absolute Gasteiger partial charge is 0.480 e. The first-order valence-electron chi connectivity index (χ1n) is 4.19. The van der Waals surface area contributed by atoms with E-state index in [0.717, 1.165) is 0 Å². The van der Waals surface area contributed by atoms with E-state index in [1.807, 2.05) is 0 Å². The molecule has 0 spiro atoms. The lowest BCUT2D eigenvalue weighted by atomic mass is 10.2. The summed E-state index contributed by atoms with van der Waals surface area (Å²) in [5.41, 5.74) is 5.35. The molecular weight excluding hydrogens is 267 g/mol. The number of carbonyl (C=O) groups is 1. The summed E-state index contributed by atoms with van der Waals surface area (Å²) >= 11 is 3.16. The minimum absolute atomic E-state index is 0.110. The molecule has 0 aliphatic heterocycles. The van der Waals surface area contributed by atoms with Crippen LogP contribution >= 0.6 is 15.9 Å². The van der Waals surface area contributed by atoms with Gasteiger partial charge in [0.2, 0.25) is 0 Å². The van der Waals surface area contributed by atoms with Crippen LogP contribution in [0.25, 0.3) is 0 Å². The maximum atomic E-state index is 13.2. The molecule has 1 rings (SSSR count). The van der Waals surface area contributed by atoms with Crippen LogP contribution in [0.4, 0.5) is 10.1 Å². The molecule has 0 aromatic heterocycles. The number of carboxylic acids is 1. The first-order valence-corrected chi connectivity index (χ1v) is 4.98. The number of halogens is 2. The van der Waals surface area contributed by atoms with Gasteiger partial charge in [0.15, 0.2) is 0 Å². The number of hydrogen-bond acceptors (Lipinski definition) is 3. The molecule has 0 aliphatic rings. The molecular formula is C9H10BrFN2O2. The van der Waals surface area contributed by atoms with Crippen LogP contribution in [-0.4, -0.2) is 23.7 Å². The van der Waals surface area contributed by atoms with Crippen LogP contribution < -0.4 is 11.1 Å². The average Bonchev–Trinajstić information content (AvgIpc) is 2.18. The fourth-order valence-electron chi connectivity index (χ4n) is 1.02. The highest BCUT2D eigenvalue weighted by Crippen LogP contribution is 2.20.